The fourth-order valence-electron chi connectivity index (χ4n) is 3.43. The number of rotatable bonds is 3. The van der Waals surface area contributed by atoms with Crippen molar-refractivity contribution in [2.75, 3.05) is 13.7 Å². The van der Waals surface area contributed by atoms with Crippen LogP contribution in [0.25, 0.3) is 27.7 Å². The van der Waals surface area contributed by atoms with Crippen LogP contribution in [0.5, 0.6) is 5.75 Å². The molecule has 0 unspecified atom stereocenters. The Labute approximate surface area is 145 Å². The third-order valence-corrected chi connectivity index (χ3v) is 4.64. The van der Waals surface area contributed by atoms with E-state index in [0.717, 1.165) is 40.8 Å². The molecule has 128 valence electrons. The zero-order valence-electron chi connectivity index (χ0n) is 14.3. The largest absolute Gasteiger partial charge is 0.496 e. The number of pyridine rings is 1. The molecule has 0 spiro atoms. The lowest BCUT2D eigenvalue weighted by Crippen LogP contribution is -2.29. The van der Waals surface area contributed by atoms with Crippen LogP contribution in [0.15, 0.2) is 42.6 Å². The van der Waals surface area contributed by atoms with E-state index in [0.29, 0.717) is 11.8 Å². The molecule has 1 aromatic carbocycles. The van der Waals surface area contributed by atoms with E-state index >= 15 is 0 Å². The molecule has 4 nitrogen and oxygen atoms in total. The molecule has 2 N–H and O–H groups in total. The van der Waals surface area contributed by atoms with E-state index in [1.165, 1.54) is 17.7 Å². The molecular weight excluding hydrogens is 317 g/mol. The van der Waals surface area contributed by atoms with Gasteiger partial charge in [0.15, 0.2) is 0 Å². The number of halogens is 1. The molecule has 0 aliphatic carbocycles. The van der Waals surface area contributed by atoms with E-state index in [1.807, 2.05) is 6.07 Å². The molecule has 3 aromatic rings. The van der Waals surface area contributed by atoms with Gasteiger partial charge in [0.1, 0.15) is 17.2 Å². The summed E-state index contributed by atoms with van der Waals surface area (Å²) >= 11 is 0. The SMILES string of the molecule is COc1ccc(F)cc1-c1ccnc2[nH]c(C3=C[C@@H](C)NCC3)cc12. The monoisotopic (exact) mass is 337 g/mol. The van der Waals surface area contributed by atoms with Gasteiger partial charge in [-0.1, -0.05) is 6.08 Å². The summed E-state index contributed by atoms with van der Waals surface area (Å²) in [7, 11) is 1.60. The number of aromatic nitrogens is 2. The lowest BCUT2D eigenvalue weighted by molar-refractivity contribution is 0.415. The molecule has 0 amide bonds. The third-order valence-electron chi connectivity index (χ3n) is 4.64. The summed E-state index contributed by atoms with van der Waals surface area (Å²) in [5, 5.41) is 4.38. The fourth-order valence-corrected chi connectivity index (χ4v) is 3.43. The van der Waals surface area contributed by atoms with E-state index in [-0.39, 0.29) is 5.82 Å². The molecule has 0 saturated carbocycles. The predicted molar refractivity (Wildman–Crippen MR) is 98.1 cm³/mol. The first-order valence-corrected chi connectivity index (χ1v) is 8.42. The Kier molecular flexibility index (Phi) is 4.01. The molecular formula is C20H20FN3O. The topological polar surface area (TPSA) is 49.9 Å². The number of benzene rings is 1. The zero-order valence-corrected chi connectivity index (χ0v) is 14.3. The summed E-state index contributed by atoms with van der Waals surface area (Å²) in [6.45, 7) is 3.10. The lowest BCUT2D eigenvalue weighted by atomic mass is 10.00. The van der Waals surface area contributed by atoms with Crippen LogP contribution < -0.4 is 10.1 Å². The molecule has 1 atom stereocenters. The van der Waals surface area contributed by atoms with Gasteiger partial charge in [-0.25, -0.2) is 9.37 Å². The highest BCUT2D eigenvalue weighted by Gasteiger charge is 2.16. The van der Waals surface area contributed by atoms with E-state index in [4.69, 9.17) is 4.74 Å². The van der Waals surface area contributed by atoms with Crippen molar-refractivity contribution in [1.29, 1.82) is 0 Å². The highest BCUT2D eigenvalue weighted by atomic mass is 19.1. The van der Waals surface area contributed by atoms with Crippen LogP contribution in [0.4, 0.5) is 4.39 Å². The molecule has 0 bridgehead atoms. The van der Waals surface area contributed by atoms with Crippen LogP contribution in [0.2, 0.25) is 0 Å². The number of methoxy groups -OCH3 is 1. The molecule has 5 heteroatoms. The van der Waals surface area contributed by atoms with Crippen molar-refractivity contribution in [3.05, 3.63) is 54.1 Å². The molecule has 0 radical (unpaired) electrons. The van der Waals surface area contributed by atoms with Crippen molar-refractivity contribution < 1.29 is 9.13 Å². The van der Waals surface area contributed by atoms with Crippen molar-refractivity contribution >= 4 is 16.6 Å². The number of fused-ring (bicyclic) bond motifs is 1. The Morgan fingerprint density at radius 2 is 2.08 bits per heavy atom. The molecule has 3 heterocycles. The predicted octanol–water partition coefficient (Wildman–Crippen LogP) is 4.14. The Hall–Kier alpha value is -2.66. The van der Waals surface area contributed by atoms with E-state index in [2.05, 4.69) is 34.4 Å². The van der Waals surface area contributed by atoms with Gasteiger partial charge in [0.2, 0.25) is 0 Å². The summed E-state index contributed by atoms with van der Waals surface area (Å²) in [6.07, 6.45) is 4.94. The summed E-state index contributed by atoms with van der Waals surface area (Å²) in [6, 6.07) is 8.92. The second-order valence-corrected chi connectivity index (χ2v) is 6.33. The van der Waals surface area contributed by atoms with Gasteiger partial charge in [-0.3, -0.25) is 0 Å². The summed E-state index contributed by atoms with van der Waals surface area (Å²) < 4.78 is 19.2. The Bertz CT molecular complexity index is 961. The molecule has 0 fully saturated rings. The van der Waals surface area contributed by atoms with Crippen molar-refractivity contribution in [3.63, 3.8) is 0 Å². The number of aromatic amines is 1. The van der Waals surface area contributed by atoms with Gasteiger partial charge >= 0.3 is 0 Å². The number of nitrogens with zero attached hydrogens (tertiary/aromatic N) is 1. The van der Waals surface area contributed by atoms with E-state index < -0.39 is 0 Å². The first-order valence-electron chi connectivity index (χ1n) is 8.42. The van der Waals surface area contributed by atoms with Crippen molar-refractivity contribution in [2.24, 2.45) is 0 Å². The second-order valence-electron chi connectivity index (χ2n) is 6.33. The quantitative estimate of drug-likeness (QED) is 0.755. The Morgan fingerprint density at radius 3 is 2.88 bits per heavy atom. The average molecular weight is 337 g/mol. The van der Waals surface area contributed by atoms with Gasteiger partial charge < -0.3 is 15.0 Å². The van der Waals surface area contributed by atoms with Crippen LogP contribution in [0.1, 0.15) is 19.0 Å². The Balaban J connectivity index is 1.88. The first-order chi connectivity index (χ1) is 12.2. The van der Waals surface area contributed by atoms with Crippen molar-refractivity contribution in [2.45, 2.75) is 19.4 Å². The van der Waals surface area contributed by atoms with Gasteiger partial charge in [0.05, 0.1) is 7.11 Å². The average Bonchev–Trinajstić information content (AvgIpc) is 3.06. The highest BCUT2D eigenvalue weighted by molar-refractivity contribution is 5.96. The number of ether oxygens (including phenoxy) is 1. The van der Waals surface area contributed by atoms with Crippen LogP contribution >= 0.6 is 0 Å². The van der Waals surface area contributed by atoms with Gasteiger partial charge in [-0.05, 0) is 61.4 Å². The van der Waals surface area contributed by atoms with E-state index in [1.54, 1.807) is 19.4 Å². The maximum atomic E-state index is 13.8. The summed E-state index contributed by atoms with van der Waals surface area (Å²) in [5.41, 5.74) is 4.78. The van der Waals surface area contributed by atoms with Gasteiger partial charge in [-0.2, -0.15) is 0 Å². The minimum absolute atomic E-state index is 0.286. The second kappa shape index (κ2) is 6.33. The fraction of sp³-hybridized carbons (Fsp3) is 0.250. The minimum Gasteiger partial charge on any atom is -0.496 e. The minimum atomic E-state index is -0.286. The first kappa shape index (κ1) is 15.8. The lowest BCUT2D eigenvalue weighted by Gasteiger charge is -2.18. The zero-order chi connectivity index (χ0) is 17.4. The molecule has 0 saturated heterocycles. The molecule has 25 heavy (non-hydrogen) atoms. The molecule has 4 rings (SSSR count). The van der Waals surface area contributed by atoms with E-state index in [9.17, 15) is 4.39 Å². The summed E-state index contributed by atoms with van der Waals surface area (Å²) in [5.74, 6) is 0.359. The van der Waals surface area contributed by atoms with Gasteiger partial charge in [0, 0.05) is 28.9 Å². The van der Waals surface area contributed by atoms with Gasteiger partial charge in [0.25, 0.3) is 0 Å². The van der Waals surface area contributed by atoms with Crippen LogP contribution in [0, 0.1) is 5.82 Å². The standard InChI is InChI=1S/C20H20FN3O/c1-12-9-13(5-7-22-12)18-11-17-15(6-8-23-20(17)24-18)16-10-14(21)3-4-19(16)25-2/h3-4,6,8-12,22H,5,7H2,1-2H3,(H,23,24)/t12-/m1/s1. The Morgan fingerprint density at radius 1 is 1.20 bits per heavy atom. The van der Waals surface area contributed by atoms with Crippen LogP contribution in [-0.2, 0) is 0 Å². The number of nitrogens with one attached hydrogen (secondary N) is 2. The van der Waals surface area contributed by atoms with Crippen molar-refractivity contribution in [1.82, 2.24) is 15.3 Å². The normalized spacial score (nSPS) is 17.6. The maximum absolute atomic E-state index is 13.8. The van der Waals surface area contributed by atoms with Crippen molar-refractivity contribution in [3.8, 4) is 16.9 Å². The highest BCUT2D eigenvalue weighted by Crippen LogP contribution is 2.36. The number of H-pyrrole nitrogens is 1. The van der Waals surface area contributed by atoms with Gasteiger partial charge in [-0.15, -0.1) is 0 Å². The molecule has 1 aliphatic rings. The van der Waals surface area contributed by atoms with Crippen LogP contribution in [-0.4, -0.2) is 29.7 Å². The smallest absolute Gasteiger partial charge is 0.138 e. The van der Waals surface area contributed by atoms with Crippen LogP contribution in [0.3, 0.4) is 0 Å². The number of hydrogen-bond acceptors (Lipinski definition) is 3. The molecule has 2 aromatic heterocycles. The third kappa shape index (κ3) is 2.91. The number of hydrogen-bond donors (Lipinski definition) is 2. The maximum Gasteiger partial charge on any atom is 0.138 e. The summed E-state index contributed by atoms with van der Waals surface area (Å²) in [4.78, 5) is 7.85. The molecule has 1 aliphatic heterocycles.